The van der Waals surface area contributed by atoms with E-state index in [1.807, 2.05) is 4.90 Å². The molecule has 1 aromatic carbocycles. The maximum Gasteiger partial charge on any atom is 0.290 e. The lowest BCUT2D eigenvalue weighted by Crippen LogP contribution is -2.46. The fourth-order valence-electron chi connectivity index (χ4n) is 3.88. The summed E-state index contributed by atoms with van der Waals surface area (Å²) in [5, 5.41) is 2.09. The first-order valence-electron chi connectivity index (χ1n) is 9.94. The highest BCUT2D eigenvalue weighted by molar-refractivity contribution is 7.10. The standard InChI is InChI=1S/C24H24N2O3S/c1-3-12-25(24(28)20-5-4-14-29-20)16-22(27)26-13-10-21-19(11-15-30-21)23(26)18-8-6-17(2)7-9-18/h3-9,11,14-15,23H,1,10,12-13,16H2,2H3/t23-/m0/s1. The van der Waals surface area contributed by atoms with Crippen molar-refractivity contribution in [2.45, 2.75) is 19.4 Å². The Balaban J connectivity index is 1.61. The molecule has 154 valence electrons. The second kappa shape index (κ2) is 8.71. The maximum absolute atomic E-state index is 13.4. The summed E-state index contributed by atoms with van der Waals surface area (Å²) in [5.74, 6) is -0.175. The van der Waals surface area contributed by atoms with E-state index in [1.165, 1.54) is 27.2 Å². The molecule has 1 aliphatic rings. The number of benzene rings is 1. The molecular formula is C24H24N2O3S. The first-order chi connectivity index (χ1) is 14.6. The SMILES string of the molecule is C=CCN(CC(=O)N1CCc2sccc2[C@@H]1c1ccc(C)cc1)C(=O)c1ccco1. The van der Waals surface area contributed by atoms with Gasteiger partial charge in [0.2, 0.25) is 5.91 Å². The zero-order chi connectivity index (χ0) is 21.1. The zero-order valence-electron chi connectivity index (χ0n) is 16.9. The molecule has 5 nitrogen and oxygen atoms in total. The lowest BCUT2D eigenvalue weighted by Gasteiger charge is -2.37. The number of aryl methyl sites for hydroxylation is 1. The van der Waals surface area contributed by atoms with Gasteiger partial charge in [-0.3, -0.25) is 9.59 Å². The second-order valence-corrected chi connectivity index (χ2v) is 8.40. The minimum Gasteiger partial charge on any atom is -0.459 e. The molecule has 4 rings (SSSR count). The maximum atomic E-state index is 13.4. The predicted octanol–water partition coefficient (Wildman–Crippen LogP) is 4.45. The Labute approximate surface area is 180 Å². The van der Waals surface area contributed by atoms with Crippen LogP contribution >= 0.6 is 11.3 Å². The molecule has 2 amide bonds. The van der Waals surface area contributed by atoms with Crippen LogP contribution in [0.15, 0.2) is 71.2 Å². The Morgan fingerprint density at radius 2 is 2.07 bits per heavy atom. The van der Waals surface area contributed by atoms with Crippen LogP contribution in [0.3, 0.4) is 0 Å². The number of hydrogen-bond acceptors (Lipinski definition) is 4. The first-order valence-corrected chi connectivity index (χ1v) is 10.8. The van der Waals surface area contributed by atoms with Crippen LogP contribution in [0.1, 0.15) is 38.2 Å². The van der Waals surface area contributed by atoms with Gasteiger partial charge in [-0.2, -0.15) is 0 Å². The van der Waals surface area contributed by atoms with E-state index in [2.05, 4.69) is 49.2 Å². The quantitative estimate of drug-likeness (QED) is 0.554. The molecule has 3 aromatic rings. The summed E-state index contributed by atoms with van der Waals surface area (Å²) in [6.07, 6.45) is 3.91. The largest absolute Gasteiger partial charge is 0.459 e. The van der Waals surface area contributed by atoms with Crippen LogP contribution in [0, 0.1) is 6.92 Å². The molecule has 0 saturated heterocycles. The van der Waals surface area contributed by atoms with Crippen molar-refractivity contribution in [1.29, 1.82) is 0 Å². The number of nitrogens with zero attached hydrogens (tertiary/aromatic N) is 2. The molecule has 2 aromatic heterocycles. The van der Waals surface area contributed by atoms with Crippen LogP contribution in [0.2, 0.25) is 0 Å². The molecule has 6 heteroatoms. The normalized spacial score (nSPS) is 15.5. The van der Waals surface area contributed by atoms with Crippen molar-refractivity contribution in [3.05, 3.63) is 94.1 Å². The van der Waals surface area contributed by atoms with Crippen molar-refractivity contribution in [3.63, 3.8) is 0 Å². The number of carbonyl (C=O) groups is 2. The summed E-state index contributed by atoms with van der Waals surface area (Å²) in [6, 6.07) is 13.6. The average molecular weight is 421 g/mol. The number of amides is 2. The zero-order valence-corrected chi connectivity index (χ0v) is 17.7. The van der Waals surface area contributed by atoms with E-state index in [0.717, 1.165) is 12.0 Å². The van der Waals surface area contributed by atoms with E-state index < -0.39 is 0 Å². The van der Waals surface area contributed by atoms with Gasteiger partial charge < -0.3 is 14.2 Å². The lowest BCUT2D eigenvalue weighted by atomic mass is 9.92. The van der Waals surface area contributed by atoms with Crippen molar-refractivity contribution in [2.75, 3.05) is 19.6 Å². The topological polar surface area (TPSA) is 53.8 Å². The molecule has 1 atom stereocenters. The van der Waals surface area contributed by atoms with Gasteiger partial charge in [-0.15, -0.1) is 17.9 Å². The fourth-order valence-corrected chi connectivity index (χ4v) is 4.78. The Morgan fingerprint density at radius 1 is 1.27 bits per heavy atom. The Kier molecular flexibility index (Phi) is 5.86. The second-order valence-electron chi connectivity index (χ2n) is 7.40. The molecule has 0 radical (unpaired) electrons. The van der Waals surface area contributed by atoms with E-state index >= 15 is 0 Å². The van der Waals surface area contributed by atoms with Gasteiger partial charge in [0.1, 0.15) is 6.54 Å². The number of furan rings is 1. The highest BCUT2D eigenvalue weighted by Gasteiger charge is 2.34. The number of rotatable bonds is 6. The van der Waals surface area contributed by atoms with Crippen LogP contribution in [0.4, 0.5) is 0 Å². The summed E-state index contributed by atoms with van der Waals surface area (Å²) in [5.41, 5.74) is 3.44. The monoisotopic (exact) mass is 420 g/mol. The number of hydrogen-bond donors (Lipinski definition) is 0. The summed E-state index contributed by atoms with van der Waals surface area (Å²) >= 11 is 1.74. The van der Waals surface area contributed by atoms with Gasteiger partial charge in [0, 0.05) is 18.0 Å². The van der Waals surface area contributed by atoms with Crippen LogP contribution in [-0.2, 0) is 11.2 Å². The van der Waals surface area contributed by atoms with E-state index in [9.17, 15) is 9.59 Å². The molecule has 1 aliphatic heterocycles. The average Bonchev–Trinajstić information content (AvgIpc) is 3.44. The third kappa shape index (κ3) is 3.96. The van der Waals surface area contributed by atoms with Gasteiger partial charge in [0.25, 0.3) is 5.91 Å². The molecule has 30 heavy (non-hydrogen) atoms. The van der Waals surface area contributed by atoms with Gasteiger partial charge in [0.15, 0.2) is 5.76 Å². The van der Waals surface area contributed by atoms with Crippen molar-refractivity contribution >= 4 is 23.2 Å². The molecule has 0 spiro atoms. The van der Waals surface area contributed by atoms with Gasteiger partial charge in [-0.25, -0.2) is 0 Å². The number of fused-ring (bicyclic) bond motifs is 1. The van der Waals surface area contributed by atoms with E-state index in [1.54, 1.807) is 29.5 Å². The molecule has 0 unspecified atom stereocenters. The molecule has 0 N–H and O–H groups in total. The Morgan fingerprint density at radius 3 is 2.77 bits per heavy atom. The summed E-state index contributed by atoms with van der Waals surface area (Å²) in [6.45, 7) is 6.66. The summed E-state index contributed by atoms with van der Waals surface area (Å²) in [7, 11) is 0. The minimum absolute atomic E-state index is 0.0205. The third-order valence-corrected chi connectivity index (χ3v) is 6.37. The molecular weight excluding hydrogens is 396 g/mol. The van der Waals surface area contributed by atoms with Crippen molar-refractivity contribution in [2.24, 2.45) is 0 Å². The first kappa shape index (κ1) is 20.2. The van der Waals surface area contributed by atoms with Crippen LogP contribution < -0.4 is 0 Å². The van der Waals surface area contributed by atoms with Crippen molar-refractivity contribution < 1.29 is 14.0 Å². The van der Waals surface area contributed by atoms with Crippen molar-refractivity contribution in [1.82, 2.24) is 9.80 Å². The van der Waals surface area contributed by atoms with E-state index in [4.69, 9.17) is 4.42 Å². The van der Waals surface area contributed by atoms with Crippen LogP contribution in [0.5, 0.6) is 0 Å². The molecule has 0 saturated carbocycles. The number of carbonyl (C=O) groups excluding carboxylic acids is 2. The van der Waals surface area contributed by atoms with Gasteiger partial charge in [-0.05, 0) is 48.1 Å². The highest BCUT2D eigenvalue weighted by atomic mass is 32.1. The molecule has 0 aliphatic carbocycles. The Bertz CT molecular complexity index is 1040. The van der Waals surface area contributed by atoms with Crippen LogP contribution in [-0.4, -0.2) is 41.2 Å². The third-order valence-electron chi connectivity index (χ3n) is 5.37. The lowest BCUT2D eigenvalue weighted by molar-refractivity contribution is -0.133. The predicted molar refractivity (Wildman–Crippen MR) is 118 cm³/mol. The Hall–Kier alpha value is -3.12. The number of thiophene rings is 1. The highest BCUT2D eigenvalue weighted by Crippen LogP contribution is 2.38. The van der Waals surface area contributed by atoms with Gasteiger partial charge >= 0.3 is 0 Å². The van der Waals surface area contributed by atoms with Crippen molar-refractivity contribution in [3.8, 4) is 0 Å². The summed E-state index contributed by atoms with van der Waals surface area (Å²) < 4.78 is 5.24. The van der Waals surface area contributed by atoms with Gasteiger partial charge in [-0.1, -0.05) is 35.9 Å². The van der Waals surface area contributed by atoms with Crippen LogP contribution in [0.25, 0.3) is 0 Å². The molecule has 0 fully saturated rings. The minimum atomic E-state index is -0.312. The fraction of sp³-hybridized carbons (Fsp3) is 0.250. The van der Waals surface area contributed by atoms with E-state index in [-0.39, 0.29) is 36.7 Å². The summed E-state index contributed by atoms with van der Waals surface area (Å²) in [4.78, 5) is 30.9. The smallest absolute Gasteiger partial charge is 0.290 e. The molecule has 0 bridgehead atoms. The van der Waals surface area contributed by atoms with E-state index in [0.29, 0.717) is 6.54 Å². The molecule has 3 heterocycles. The van der Waals surface area contributed by atoms with Gasteiger partial charge in [0.05, 0.1) is 12.3 Å².